The molecule has 0 amide bonds. The number of fused-ring (bicyclic) bond motifs is 1. The first-order valence-electron chi connectivity index (χ1n) is 4.94. The van der Waals surface area contributed by atoms with E-state index in [4.69, 9.17) is 4.74 Å². The highest BCUT2D eigenvalue weighted by atomic mass is 16.5. The zero-order chi connectivity index (χ0) is 10.3. The number of methoxy groups -OCH3 is 1. The molecule has 2 aliphatic rings. The summed E-state index contributed by atoms with van der Waals surface area (Å²) in [5, 5.41) is 0. The lowest BCUT2D eigenvalue weighted by molar-refractivity contribution is -0.151. The molecule has 0 heterocycles. The Morgan fingerprint density at radius 1 is 1.64 bits per heavy atom. The maximum Gasteiger partial charge on any atom is 0.320 e. The van der Waals surface area contributed by atoms with Crippen LogP contribution in [-0.4, -0.2) is 18.9 Å². The van der Waals surface area contributed by atoms with E-state index < -0.39 is 5.41 Å². The summed E-state index contributed by atoms with van der Waals surface area (Å²) in [6.45, 7) is 1.91. The van der Waals surface area contributed by atoms with E-state index in [9.17, 15) is 9.59 Å². The molecule has 3 heteroatoms. The number of ketones is 1. The first kappa shape index (κ1) is 9.44. The second-order valence-electron chi connectivity index (χ2n) is 3.98. The minimum Gasteiger partial charge on any atom is -0.468 e. The van der Waals surface area contributed by atoms with Gasteiger partial charge >= 0.3 is 5.97 Å². The number of rotatable bonds is 2. The monoisotopic (exact) mass is 194 g/mol. The fraction of sp³-hybridized carbons (Fsp3) is 0.636. The number of hydrogen-bond donors (Lipinski definition) is 0. The molecule has 0 spiro atoms. The van der Waals surface area contributed by atoms with E-state index in [0.29, 0.717) is 6.42 Å². The van der Waals surface area contributed by atoms with Crippen molar-refractivity contribution in [1.29, 1.82) is 0 Å². The normalized spacial score (nSPS) is 40.0. The second-order valence-corrected chi connectivity index (χ2v) is 3.98. The molecule has 76 valence electrons. The van der Waals surface area contributed by atoms with Crippen LogP contribution in [0.15, 0.2) is 12.2 Å². The summed E-state index contributed by atoms with van der Waals surface area (Å²) < 4.78 is 4.73. The van der Waals surface area contributed by atoms with Gasteiger partial charge in [0, 0.05) is 12.3 Å². The van der Waals surface area contributed by atoms with Crippen molar-refractivity contribution in [2.24, 2.45) is 17.3 Å². The van der Waals surface area contributed by atoms with Gasteiger partial charge in [0.05, 0.1) is 7.11 Å². The van der Waals surface area contributed by atoms with Crippen molar-refractivity contribution in [1.82, 2.24) is 0 Å². The second kappa shape index (κ2) is 2.94. The third-order valence-electron chi connectivity index (χ3n) is 3.50. The molecule has 3 nitrogen and oxygen atoms in total. The van der Waals surface area contributed by atoms with Gasteiger partial charge in [-0.05, 0) is 19.3 Å². The van der Waals surface area contributed by atoms with Crippen LogP contribution in [0.3, 0.4) is 0 Å². The fourth-order valence-corrected chi connectivity index (χ4v) is 2.85. The van der Waals surface area contributed by atoms with E-state index in [1.165, 1.54) is 7.11 Å². The Hall–Kier alpha value is -1.12. The lowest BCUT2D eigenvalue weighted by Crippen LogP contribution is -2.27. The van der Waals surface area contributed by atoms with Gasteiger partial charge in [-0.25, -0.2) is 0 Å². The summed E-state index contributed by atoms with van der Waals surface area (Å²) in [6.07, 6.45) is 5.23. The Balaban J connectivity index is 2.30. The number of esters is 1. The molecule has 0 N–H and O–H groups in total. The molecule has 2 fully saturated rings. The van der Waals surface area contributed by atoms with E-state index in [1.807, 2.05) is 19.1 Å². The van der Waals surface area contributed by atoms with Crippen LogP contribution in [-0.2, 0) is 14.3 Å². The molecular formula is C11H14O3. The van der Waals surface area contributed by atoms with Gasteiger partial charge in [0.15, 0.2) is 5.78 Å². The van der Waals surface area contributed by atoms with Crippen LogP contribution in [0.25, 0.3) is 0 Å². The van der Waals surface area contributed by atoms with Gasteiger partial charge in [-0.1, -0.05) is 12.2 Å². The molecule has 0 aliphatic heterocycles. The van der Waals surface area contributed by atoms with Gasteiger partial charge in [0.25, 0.3) is 0 Å². The van der Waals surface area contributed by atoms with Crippen LogP contribution in [0, 0.1) is 17.3 Å². The molecule has 3 atom stereocenters. The Morgan fingerprint density at radius 3 is 2.93 bits per heavy atom. The topological polar surface area (TPSA) is 43.4 Å². The predicted octanol–water partition coefficient (Wildman–Crippen LogP) is 1.33. The Kier molecular flexibility index (Phi) is 1.98. The molecule has 0 radical (unpaired) electrons. The fourth-order valence-electron chi connectivity index (χ4n) is 2.85. The van der Waals surface area contributed by atoms with Crippen LogP contribution in [0.4, 0.5) is 0 Å². The van der Waals surface area contributed by atoms with Crippen LogP contribution in [0.2, 0.25) is 0 Å². The Labute approximate surface area is 83.1 Å². The average molecular weight is 194 g/mol. The standard InChI is InChI=1S/C11H14O3/c1-3-4-7-8-5-6-9(12)11(7,8)10(13)14-2/h3-4,7-8H,5-6H2,1-2H3/b4-3-/t7-,8-,11-/m1/s1. The SMILES string of the molecule is C/C=C\[C@@H]1[C@H]2CCC(=O)[C@@]12C(=O)OC. The van der Waals surface area contributed by atoms with Gasteiger partial charge in [0.2, 0.25) is 0 Å². The number of hydrogen-bond acceptors (Lipinski definition) is 3. The minimum absolute atomic E-state index is 0.0671. The largest absolute Gasteiger partial charge is 0.468 e. The van der Waals surface area contributed by atoms with Crippen molar-refractivity contribution >= 4 is 11.8 Å². The summed E-state index contributed by atoms with van der Waals surface area (Å²) in [4.78, 5) is 23.3. The van der Waals surface area contributed by atoms with Gasteiger partial charge in [-0.2, -0.15) is 0 Å². The first-order chi connectivity index (χ1) is 6.69. The van der Waals surface area contributed by atoms with Crippen molar-refractivity contribution in [3.63, 3.8) is 0 Å². The van der Waals surface area contributed by atoms with Crippen LogP contribution < -0.4 is 0 Å². The van der Waals surface area contributed by atoms with Crippen LogP contribution in [0.5, 0.6) is 0 Å². The summed E-state index contributed by atoms with van der Waals surface area (Å²) in [6, 6.07) is 0. The number of ether oxygens (including phenoxy) is 1. The smallest absolute Gasteiger partial charge is 0.320 e. The lowest BCUT2D eigenvalue weighted by Gasteiger charge is -2.09. The zero-order valence-corrected chi connectivity index (χ0v) is 8.45. The van der Waals surface area contributed by atoms with Crippen molar-refractivity contribution in [3.05, 3.63) is 12.2 Å². The molecule has 2 saturated carbocycles. The number of Topliss-reactive ketones (excluding diaryl/α,β-unsaturated/α-hetero) is 1. The van der Waals surface area contributed by atoms with Crippen LogP contribution in [0.1, 0.15) is 19.8 Å². The van der Waals surface area contributed by atoms with Crippen molar-refractivity contribution in [2.75, 3.05) is 7.11 Å². The molecule has 0 aromatic heterocycles. The summed E-state index contributed by atoms with van der Waals surface area (Å²) >= 11 is 0. The molecule has 0 bridgehead atoms. The van der Waals surface area contributed by atoms with E-state index >= 15 is 0 Å². The highest BCUT2D eigenvalue weighted by Crippen LogP contribution is 2.67. The highest BCUT2D eigenvalue weighted by Gasteiger charge is 2.75. The molecule has 0 aromatic rings. The van der Waals surface area contributed by atoms with Crippen LogP contribution >= 0.6 is 0 Å². The first-order valence-corrected chi connectivity index (χ1v) is 4.94. The van der Waals surface area contributed by atoms with Gasteiger partial charge < -0.3 is 4.74 Å². The molecule has 0 aromatic carbocycles. The van der Waals surface area contributed by atoms with E-state index in [1.54, 1.807) is 0 Å². The van der Waals surface area contributed by atoms with Gasteiger partial charge in [-0.15, -0.1) is 0 Å². The van der Waals surface area contributed by atoms with Gasteiger partial charge in [-0.3, -0.25) is 9.59 Å². The molecule has 0 unspecified atom stereocenters. The average Bonchev–Trinajstić information content (AvgIpc) is 2.69. The van der Waals surface area contributed by atoms with Gasteiger partial charge in [0.1, 0.15) is 5.41 Å². The quantitative estimate of drug-likeness (QED) is 0.378. The molecular weight excluding hydrogens is 180 g/mol. The van der Waals surface area contributed by atoms with E-state index in [0.717, 1.165) is 6.42 Å². The molecule has 0 saturated heterocycles. The predicted molar refractivity (Wildman–Crippen MR) is 50.5 cm³/mol. The third kappa shape index (κ3) is 0.873. The minimum atomic E-state index is -0.790. The van der Waals surface area contributed by atoms with E-state index in [2.05, 4.69) is 0 Å². The Bertz CT molecular complexity index is 318. The highest BCUT2D eigenvalue weighted by molar-refractivity contribution is 6.10. The van der Waals surface area contributed by atoms with Crippen molar-refractivity contribution in [3.8, 4) is 0 Å². The third-order valence-corrected chi connectivity index (χ3v) is 3.50. The summed E-state index contributed by atoms with van der Waals surface area (Å²) in [5.41, 5.74) is -0.790. The Morgan fingerprint density at radius 2 is 2.36 bits per heavy atom. The van der Waals surface area contributed by atoms with Crippen molar-refractivity contribution < 1.29 is 14.3 Å². The molecule has 2 aliphatic carbocycles. The maximum atomic E-state index is 11.7. The van der Waals surface area contributed by atoms with E-state index in [-0.39, 0.29) is 23.6 Å². The number of carbonyl (C=O) groups excluding carboxylic acids is 2. The summed E-state index contributed by atoms with van der Waals surface area (Å²) in [5.74, 6) is 0.0328. The zero-order valence-electron chi connectivity index (χ0n) is 8.45. The maximum absolute atomic E-state index is 11.7. The summed E-state index contributed by atoms with van der Waals surface area (Å²) in [7, 11) is 1.35. The lowest BCUT2D eigenvalue weighted by atomic mass is 9.98. The van der Waals surface area contributed by atoms with Crippen molar-refractivity contribution in [2.45, 2.75) is 19.8 Å². The molecule has 14 heavy (non-hydrogen) atoms. The number of allylic oxidation sites excluding steroid dienone is 2. The number of carbonyl (C=O) groups is 2. The molecule has 2 rings (SSSR count).